The van der Waals surface area contributed by atoms with Crippen LogP contribution >= 0.6 is 0 Å². The van der Waals surface area contributed by atoms with Gasteiger partial charge in [0.25, 0.3) is 0 Å². The average molecular weight is 339 g/mol. The highest BCUT2D eigenvalue weighted by atomic mass is 16.5. The highest BCUT2D eigenvalue weighted by Crippen LogP contribution is 2.27. The smallest absolute Gasteiger partial charge is 0.222 e. The molecule has 1 amide bonds. The van der Waals surface area contributed by atoms with Gasteiger partial charge in [0.05, 0.1) is 25.9 Å². The van der Waals surface area contributed by atoms with E-state index in [1.54, 1.807) is 32.4 Å². The van der Waals surface area contributed by atoms with Crippen molar-refractivity contribution in [3.8, 4) is 17.6 Å². The number of ether oxygens (including phenoxy) is 2. The largest absolute Gasteiger partial charge is 0.493 e. The maximum Gasteiger partial charge on any atom is 0.222 e. The maximum absolute atomic E-state index is 11.9. The van der Waals surface area contributed by atoms with Gasteiger partial charge in [-0.15, -0.1) is 0 Å². The molecule has 6 heteroatoms. The van der Waals surface area contributed by atoms with Gasteiger partial charge in [-0.05, 0) is 35.9 Å². The number of benzene rings is 2. The Kier molecular flexibility index (Phi) is 6.66. The first-order valence-electron chi connectivity index (χ1n) is 7.88. The fourth-order valence-electron chi connectivity index (χ4n) is 2.30. The molecule has 0 atom stereocenters. The van der Waals surface area contributed by atoms with Gasteiger partial charge in [0.15, 0.2) is 11.5 Å². The number of amides is 1. The van der Waals surface area contributed by atoms with Crippen LogP contribution in [0.4, 0.5) is 5.69 Å². The van der Waals surface area contributed by atoms with Crippen LogP contribution in [0.25, 0.3) is 0 Å². The fourth-order valence-corrected chi connectivity index (χ4v) is 2.30. The van der Waals surface area contributed by atoms with Crippen molar-refractivity contribution in [1.29, 1.82) is 5.26 Å². The molecule has 0 spiro atoms. The fraction of sp³-hybridized carbons (Fsp3) is 0.263. The lowest BCUT2D eigenvalue weighted by Crippen LogP contribution is -2.24. The van der Waals surface area contributed by atoms with E-state index in [9.17, 15) is 4.79 Å². The monoisotopic (exact) mass is 339 g/mol. The molecule has 130 valence electrons. The van der Waals surface area contributed by atoms with Crippen LogP contribution in [0.1, 0.15) is 17.5 Å². The molecule has 0 unspecified atom stereocenters. The predicted octanol–water partition coefficient (Wildman–Crippen LogP) is 2.69. The molecule has 0 radical (unpaired) electrons. The first-order valence-corrected chi connectivity index (χ1v) is 7.88. The number of nitrogens with zero attached hydrogens (tertiary/aromatic N) is 1. The molecule has 25 heavy (non-hydrogen) atoms. The van der Waals surface area contributed by atoms with Crippen molar-refractivity contribution in [1.82, 2.24) is 5.32 Å². The van der Waals surface area contributed by atoms with E-state index >= 15 is 0 Å². The summed E-state index contributed by atoms with van der Waals surface area (Å²) in [5, 5.41) is 14.9. The van der Waals surface area contributed by atoms with E-state index in [4.69, 9.17) is 14.7 Å². The number of nitrogens with one attached hydrogen (secondary N) is 2. The summed E-state index contributed by atoms with van der Waals surface area (Å²) in [7, 11) is 3.16. The Hall–Kier alpha value is -3.20. The Morgan fingerprint density at radius 2 is 1.92 bits per heavy atom. The van der Waals surface area contributed by atoms with Crippen LogP contribution in [0.5, 0.6) is 11.5 Å². The number of carbonyl (C=O) groups excluding carboxylic acids is 1. The molecule has 2 aromatic rings. The molecule has 0 saturated carbocycles. The zero-order valence-corrected chi connectivity index (χ0v) is 14.3. The minimum Gasteiger partial charge on any atom is -0.493 e. The number of anilines is 1. The Labute approximate surface area is 147 Å². The van der Waals surface area contributed by atoms with E-state index in [1.807, 2.05) is 24.3 Å². The molecule has 2 aromatic carbocycles. The lowest BCUT2D eigenvalue weighted by molar-refractivity contribution is -0.121. The van der Waals surface area contributed by atoms with Gasteiger partial charge in [0.2, 0.25) is 5.91 Å². The molecule has 6 nitrogen and oxygen atoms in total. The zero-order valence-electron chi connectivity index (χ0n) is 14.3. The number of carbonyl (C=O) groups is 1. The molecular formula is C19H21N3O3. The van der Waals surface area contributed by atoms with Gasteiger partial charge in [-0.3, -0.25) is 4.79 Å². The van der Waals surface area contributed by atoms with Crippen LogP contribution in [0.2, 0.25) is 0 Å². The Morgan fingerprint density at radius 3 is 2.64 bits per heavy atom. The van der Waals surface area contributed by atoms with Crippen molar-refractivity contribution in [2.24, 2.45) is 0 Å². The topological polar surface area (TPSA) is 83.4 Å². The second-order valence-corrected chi connectivity index (χ2v) is 5.34. The summed E-state index contributed by atoms with van der Waals surface area (Å²) in [6.07, 6.45) is 0.337. The maximum atomic E-state index is 11.9. The van der Waals surface area contributed by atoms with Crippen LogP contribution in [0.3, 0.4) is 0 Å². The van der Waals surface area contributed by atoms with Gasteiger partial charge in [-0.2, -0.15) is 5.26 Å². The van der Waals surface area contributed by atoms with E-state index in [0.717, 1.165) is 11.3 Å². The number of nitriles is 1. The Bertz CT molecular complexity index is 769. The summed E-state index contributed by atoms with van der Waals surface area (Å²) in [5.41, 5.74) is 2.34. The molecule has 0 aromatic heterocycles. The van der Waals surface area contributed by atoms with Crippen molar-refractivity contribution in [2.45, 2.75) is 13.0 Å². The van der Waals surface area contributed by atoms with Crippen molar-refractivity contribution in [2.75, 3.05) is 26.1 Å². The van der Waals surface area contributed by atoms with Crippen molar-refractivity contribution < 1.29 is 14.3 Å². The third-order valence-corrected chi connectivity index (χ3v) is 3.61. The highest BCUT2D eigenvalue weighted by Gasteiger charge is 2.06. The number of hydrogen-bond donors (Lipinski definition) is 2. The van der Waals surface area contributed by atoms with E-state index in [2.05, 4.69) is 16.7 Å². The second-order valence-electron chi connectivity index (χ2n) is 5.34. The van der Waals surface area contributed by atoms with Crippen LogP contribution in [0, 0.1) is 11.3 Å². The zero-order chi connectivity index (χ0) is 18.1. The second kappa shape index (κ2) is 9.18. The minimum absolute atomic E-state index is 0.0567. The van der Waals surface area contributed by atoms with E-state index < -0.39 is 0 Å². The normalized spacial score (nSPS) is 9.80. The molecule has 0 aliphatic rings. The molecule has 0 aliphatic carbocycles. The summed E-state index contributed by atoms with van der Waals surface area (Å²) in [6.45, 7) is 0.912. The van der Waals surface area contributed by atoms with E-state index in [0.29, 0.717) is 36.6 Å². The van der Waals surface area contributed by atoms with Crippen molar-refractivity contribution >= 4 is 11.6 Å². The van der Waals surface area contributed by atoms with Gasteiger partial charge in [0, 0.05) is 25.2 Å². The highest BCUT2D eigenvalue weighted by molar-refractivity contribution is 5.76. The molecule has 0 fully saturated rings. The third-order valence-electron chi connectivity index (χ3n) is 3.61. The van der Waals surface area contributed by atoms with Crippen molar-refractivity contribution in [3.05, 3.63) is 53.6 Å². The lowest BCUT2D eigenvalue weighted by Gasteiger charge is -2.11. The summed E-state index contributed by atoms with van der Waals surface area (Å²) in [6, 6.07) is 14.8. The van der Waals surface area contributed by atoms with E-state index in [1.165, 1.54) is 0 Å². The number of hydrogen-bond acceptors (Lipinski definition) is 5. The standard InChI is InChI=1S/C19H21N3O3/c1-24-17-7-6-15(11-18(17)25-2)13-22-19(23)8-9-21-16-5-3-4-14(10-16)12-20/h3-7,10-11,21H,8-9,13H2,1-2H3,(H,22,23). The van der Waals surface area contributed by atoms with Gasteiger partial charge in [0.1, 0.15) is 0 Å². The summed E-state index contributed by atoms with van der Waals surface area (Å²) < 4.78 is 10.4. The molecule has 2 N–H and O–H groups in total. The molecule has 0 heterocycles. The molecule has 0 bridgehead atoms. The van der Waals surface area contributed by atoms with Crippen LogP contribution in [-0.2, 0) is 11.3 Å². The van der Waals surface area contributed by atoms with E-state index in [-0.39, 0.29) is 5.91 Å². The van der Waals surface area contributed by atoms with Gasteiger partial charge < -0.3 is 20.1 Å². The number of methoxy groups -OCH3 is 2. The minimum atomic E-state index is -0.0567. The molecule has 2 rings (SSSR count). The SMILES string of the molecule is COc1ccc(CNC(=O)CCNc2cccc(C#N)c2)cc1OC. The van der Waals surface area contributed by atoms with Gasteiger partial charge in [-0.25, -0.2) is 0 Å². The molecular weight excluding hydrogens is 318 g/mol. The summed E-state index contributed by atoms with van der Waals surface area (Å²) in [4.78, 5) is 11.9. The Morgan fingerprint density at radius 1 is 1.12 bits per heavy atom. The summed E-state index contributed by atoms with van der Waals surface area (Å²) in [5.74, 6) is 1.23. The molecule has 0 saturated heterocycles. The first-order chi connectivity index (χ1) is 12.2. The molecule has 0 aliphatic heterocycles. The lowest BCUT2D eigenvalue weighted by atomic mass is 10.2. The Balaban J connectivity index is 1.78. The van der Waals surface area contributed by atoms with Gasteiger partial charge >= 0.3 is 0 Å². The quantitative estimate of drug-likeness (QED) is 0.772. The van der Waals surface area contributed by atoms with Crippen LogP contribution < -0.4 is 20.1 Å². The van der Waals surface area contributed by atoms with Crippen LogP contribution in [0.15, 0.2) is 42.5 Å². The van der Waals surface area contributed by atoms with Crippen molar-refractivity contribution in [3.63, 3.8) is 0 Å². The average Bonchev–Trinajstić information content (AvgIpc) is 2.66. The predicted molar refractivity (Wildman–Crippen MR) is 95.7 cm³/mol. The van der Waals surface area contributed by atoms with Crippen LogP contribution in [-0.4, -0.2) is 26.7 Å². The first kappa shape index (κ1) is 18.1. The summed E-state index contributed by atoms with van der Waals surface area (Å²) >= 11 is 0. The number of rotatable bonds is 8. The third kappa shape index (κ3) is 5.43. The van der Waals surface area contributed by atoms with Gasteiger partial charge in [-0.1, -0.05) is 12.1 Å².